The number of aliphatic hydroxyl groups excluding tert-OH is 1. The molecule has 1 aromatic carbocycles. The van der Waals surface area contributed by atoms with Gasteiger partial charge in [0.05, 0.1) is 5.92 Å². The fraction of sp³-hybridized carbons (Fsp3) is 0.385. The number of nitrogens with zero attached hydrogens (tertiary/aromatic N) is 2. The maximum Gasteiger partial charge on any atom is 0.415 e. The summed E-state index contributed by atoms with van der Waals surface area (Å²) in [6.45, 7) is 1.19. The maximum absolute atomic E-state index is 12.4. The molecule has 2 aromatic rings. The Bertz CT molecular complexity index is 598. The first kappa shape index (κ1) is 16.0. The van der Waals surface area contributed by atoms with Gasteiger partial charge in [-0.15, -0.1) is 0 Å². The highest BCUT2D eigenvalue weighted by molar-refractivity contribution is 9.10. The molecule has 21 heavy (non-hydrogen) atoms. The summed E-state index contributed by atoms with van der Waals surface area (Å²) < 4.78 is 43.0. The molecule has 0 amide bonds. The molecule has 0 radical (unpaired) electrons. The zero-order valence-corrected chi connectivity index (χ0v) is 12.5. The first-order valence-corrected chi connectivity index (χ1v) is 6.88. The number of benzene rings is 1. The van der Waals surface area contributed by atoms with Gasteiger partial charge in [-0.25, -0.2) is 0 Å². The van der Waals surface area contributed by atoms with Crippen molar-refractivity contribution >= 4 is 15.9 Å². The van der Waals surface area contributed by atoms with Crippen LogP contribution in [0.1, 0.15) is 30.1 Å². The van der Waals surface area contributed by atoms with Crippen LogP contribution in [0.15, 0.2) is 33.3 Å². The Balaban J connectivity index is 2.09. The van der Waals surface area contributed by atoms with Crippen molar-refractivity contribution in [1.82, 2.24) is 10.1 Å². The molecule has 0 aliphatic heterocycles. The second-order valence-electron chi connectivity index (χ2n) is 4.63. The molecule has 0 saturated heterocycles. The van der Waals surface area contributed by atoms with Crippen LogP contribution in [0.3, 0.4) is 0 Å². The van der Waals surface area contributed by atoms with Crippen LogP contribution in [0.25, 0.3) is 0 Å². The SMILES string of the molecule is CC(c1nc(Cc2ccc(Br)cc2)no1)C(O)C(F)(F)F. The van der Waals surface area contributed by atoms with Gasteiger partial charge < -0.3 is 9.63 Å². The lowest BCUT2D eigenvalue weighted by Crippen LogP contribution is -2.33. The summed E-state index contributed by atoms with van der Waals surface area (Å²) >= 11 is 3.30. The summed E-state index contributed by atoms with van der Waals surface area (Å²) in [7, 11) is 0. The predicted molar refractivity (Wildman–Crippen MR) is 71.7 cm³/mol. The fourth-order valence-electron chi connectivity index (χ4n) is 1.73. The van der Waals surface area contributed by atoms with Crippen molar-refractivity contribution in [1.29, 1.82) is 0 Å². The Hall–Kier alpha value is -1.41. The molecule has 0 saturated carbocycles. The third-order valence-electron chi connectivity index (χ3n) is 2.96. The van der Waals surface area contributed by atoms with Crippen LogP contribution < -0.4 is 0 Å². The Morgan fingerprint density at radius 3 is 2.48 bits per heavy atom. The van der Waals surface area contributed by atoms with Crippen molar-refractivity contribution in [2.45, 2.75) is 31.5 Å². The zero-order chi connectivity index (χ0) is 15.6. The Morgan fingerprint density at radius 2 is 1.90 bits per heavy atom. The van der Waals surface area contributed by atoms with Crippen LogP contribution in [0.5, 0.6) is 0 Å². The summed E-state index contributed by atoms with van der Waals surface area (Å²) in [6.07, 6.45) is -6.91. The van der Waals surface area contributed by atoms with E-state index in [-0.39, 0.29) is 11.7 Å². The van der Waals surface area contributed by atoms with E-state index in [0.29, 0.717) is 6.42 Å². The summed E-state index contributed by atoms with van der Waals surface area (Å²) in [5, 5.41) is 12.8. The van der Waals surface area contributed by atoms with Crippen LogP contribution >= 0.6 is 15.9 Å². The number of rotatable bonds is 4. The van der Waals surface area contributed by atoms with Crippen molar-refractivity contribution in [2.24, 2.45) is 0 Å². The molecule has 8 heteroatoms. The van der Waals surface area contributed by atoms with Gasteiger partial charge in [0.1, 0.15) is 0 Å². The molecule has 1 aromatic heterocycles. The topological polar surface area (TPSA) is 59.2 Å². The molecule has 0 spiro atoms. The number of alkyl halides is 3. The highest BCUT2D eigenvalue weighted by Crippen LogP contribution is 2.30. The molecule has 2 rings (SSSR count). The summed E-state index contributed by atoms with van der Waals surface area (Å²) in [5.41, 5.74) is 0.898. The second kappa shape index (κ2) is 6.15. The van der Waals surface area contributed by atoms with E-state index in [1.807, 2.05) is 24.3 Å². The van der Waals surface area contributed by atoms with Crippen LogP contribution in [0.2, 0.25) is 0 Å². The standard InChI is InChI=1S/C13H12BrF3N2O2/c1-7(11(20)13(15,16)17)12-18-10(19-21-12)6-8-2-4-9(14)5-3-8/h2-5,7,11,20H,6H2,1H3. The maximum atomic E-state index is 12.4. The van der Waals surface area contributed by atoms with E-state index in [4.69, 9.17) is 4.52 Å². The third-order valence-corrected chi connectivity index (χ3v) is 3.49. The van der Waals surface area contributed by atoms with E-state index in [2.05, 4.69) is 26.1 Å². The Kier molecular flexibility index (Phi) is 4.67. The van der Waals surface area contributed by atoms with Crippen molar-refractivity contribution in [2.75, 3.05) is 0 Å². The highest BCUT2D eigenvalue weighted by Gasteiger charge is 2.44. The smallest absolute Gasteiger partial charge is 0.383 e. The molecule has 1 N–H and O–H groups in total. The molecule has 2 atom stereocenters. The first-order valence-electron chi connectivity index (χ1n) is 6.09. The summed E-state index contributed by atoms with van der Waals surface area (Å²) in [6, 6.07) is 7.36. The van der Waals surface area contributed by atoms with Gasteiger partial charge in [0.25, 0.3) is 0 Å². The van der Waals surface area contributed by atoms with E-state index in [1.165, 1.54) is 6.92 Å². The molecular formula is C13H12BrF3N2O2. The Labute approximate surface area is 127 Å². The van der Waals surface area contributed by atoms with Crippen LogP contribution in [0.4, 0.5) is 13.2 Å². The largest absolute Gasteiger partial charge is 0.415 e. The number of aromatic nitrogens is 2. The number of hydrogen-bond donors (Lipinski definition) is 1. The molecule has 2 unspecified atom stereocenters. The number of halogens is 4. The average molecular weight is 365 g/mol. The summed E-state index contributed by atoms with van der Waals surface area (Å²) in [4.78, 5) is 3.91. The molecular weight excluding hydrogens is 353 g/mol. The molecule has 1 heterocycles. The third kappa shape index (κ3) is 4.04. The van der Waals surface area contributed by atoms with Gasteiger partial charge in [-0.2, -0.15) is 18.2 Å². The minimum atomic E-state index is -4.72. The van der Waals surface area contributed by atoms with Gasteiger partial charge in [-0.3, -0.25) is 0 Å². The zero-order valence-electron chi connectivity index (χ0n) is 10.9. The molecule has 0 aliphatic rings. The van der Waals surface area contributed by atoms with E-state index in [1.54, 1.807) is 0 Å². The van der Waals surface area contributed by atoms with E-state index < -0.39 is 18.2 Å². The quantitative estimate of drug-likeness (QED) is 0.902. The van der Waals surface area contributed by atoms with E-state index in [0.717, 1.165) is 10.0 Å². The van der Waals surface area contributed by atoms with Crippen LogP contribution in [-0.4, -0.2) is 27.5 Å². The molecule has 0 bridgehead atoms. The Morgan fingerprint density at radius 1 is 1.29 bits per heavy atom. The van der Waals surface area contributed by atoms with Crippen molar-refractivity contribution < 1.29 is 22.8 Å². The predicted octanol–water partition coefficient (Wildman–Crippen LogP) is 3.45. The minimum Gasteiger partial charge on any atom is -0.383 e. The van der Waals surface area contributed by atoms with Crippen LogP contribution in [0, 0.1) is 0 Å². The van der Waals surface area contributed by atoms with Crippen molar-refractivity contribution in [3.63, 3.8) is 0 Å². The first-order chi connectivity index (χ1) is 9.77. The van der Waals surface area contributed by atoms with Gasteiger partial charge >= 0.3 is 6.18 Å². The molecule has 0 aliphatic carbocycles. The van der Waals surface area contributed by atoms with Gasteiger partial charge in [-0.05, 0) is 17.7 Å². The lowest BCUT2D eigenvalue weighted by atomic mass is 10.0. The van der Waals surface area contributed by atoms with Crippen LogP contribution in [-0.2, 0) is 6.42 Å². The highest BCUT2D eigenvalue weighted by atomic mass is 79.9. The minimum absolute atomic E-state index is 0.230. The second-order valence-corrected chi connectivity index (χ2v) is 5.54. The van der Waals surface area contributed by atoms with Gasteiger partial charge in [-0.1, -0.05) is 40.1 Å². The van der Waals surface area contributed by atoms with Gasteiger partial charge in [0, 0.05) is 10.9 Å². The van der Waals surface area contributed by atoms with Crippen molar-refractivity contribution in [3.8, 4) is 0 Å². The summed E-state index contributed by atoms with van der Waals surface area (Å²) in [5.74, 6) is -1.27. The average Bonchev–Trinajstić information content (AvgIpc) is 2.87. The molecule has 0 fully saturated rings. The van der Waals surface area contributed by atoms with Gasteiger partial charge in [0.15, 0.2) is 11.9 Å². The monoisotopic (exact) mass is 364 g/mol. The number of hydrogen-bond acceptors (Lipinski definition) is 4. The van der Waals surface area contributed by atoms with E-state index >= 15 is 0 Å². The van der Waals surface area contributed by atoms with E-state index in [9.17, 15) is 18.3 Å². The van der Waals surface area contributed by atoms with Crippen molar-refractivity contribution in [3.05, 3.63) is 46.0 Å². The number of aliphatic hydroxyl groups is 1. The van der Waals surface area contributed by atoms with Gasteiger partial charge in [0.2, 0.25) is 5.89 Å². The fourth-order valence-corrected chi connectivity index (χ4v) is 1.99. The molecule has 114 valence electrons. The lowest BCUT2D eigenvalue weighted by molar-refractivity contribution is -0.210. The normalized spacial score (nSPS) is 15.0. The lowest BCUT2D eigenvalue weighted by Gasteiger charge is -2.17. The molecule has 4 nitrogen and oxygen atoms in total.